The zero-order valence-electron chi connectivity index (χ0n) is 9.69. The van der Waals surface area contributed by atoms with Crippen LogP contribution in [0.15, 0.2) is 24.3 Å². The summed E-state index contributed by atoms with van der Waals surface area (Å²) in [6, 6.07) is 7.37. The van der Waals surface area contributed by atoms with Crippen LogP contribution in [0.2, 0.25) is 5.02 Å². The third kappa shape index (κ3) is 5.50. The molecule has 1 aromatic rings. The van der Waals surface area contributed by atoms with Crippen LogP contribution in [0.3, 0.4) is 0 Å². The topological polar surface area (TPSA) is 72.2 Å². The Balaban J connectivity index is 2.61. The molecule has 0 aliphatic heterocycles. The maximum atomic E-state index is 11.1. The normalized spacial score (nSPS) is 13.6. The third-order valence-corrected chi connectivity index (χ3v) is 3.84. The second kappa shape index (κ2) is 6.35. The maximum absolute atomic E-state index is 11.1. The molecule has 0 aliphatic rings. The molecule has 0 fully saturated rings. The Morgan fingerprint density at radius 1 is 1.41 bits per heavy atom. The minimum Gasteiger partial charge on any atom is -0.271 e. The molecule has 1 unspecified atom stereocenters. The lowest BCUT2D eigenvalue weighted by Crippen LogP contribution is -2.38. The van der Waals surface area contributed by atoms with E-state index in [2.05, 4.69) is 5.43 Å². The SMILES string of the molecule is CS(=O)(=O)CCC(Cc1ccccc1Cl)NN. The molecule has 3 N–H and O–H groups in total. The molecular weight excluding hydrogens is 260 g/mol. The van der Waals surface area contributed by atoms with Crippen LogP contribution >= 0.6 is 11.6 Å². The summed E-state index contributed by atoms with van der Waals surface area (Å²) in [6.07, 6.45) is 2.31. The molecule has 17 heavy (non-hydrogen) atoms. The first-order chi connectivity index (χ1) is 7.92. The van der Waals surface area contributed by atoms with E-state index >= 15 is 0 Å². The fraction of sp³-hybridized carbons (Fsp3) is 0.455. The lowest BCUT2D eigenvalue weighted by Gasteiger charge is -2.16. The lowest BCUT2D eigenvalue weighted by atomic mass is 10.0. The maximum Gasteiger partial charge on any atom is 0.147 e. The van der Waals surface area contributed by atoms with Gasteiger partial charge in [0.15, 0.2) is 0 Å². The quantitative estimate of drug-likeness (QED) is 0.604. The highest BCUT2D eigenvalue weighted by Gasteiger charge is 2.12. The second-order valence-electron chi connectivity index (χ2n) is 4.08. The summed E-state index contributed by atoms with van der Waals surface area (Å²) in [5.74, 6) is 5.53. The summed E-state index contributed by atoms with van der Waals surface area (Å²) in [5, 5.41) is 0.673. The zero-order valence-corrected chi connectivity index (χ0v) is 11.3. The molecule has 1 rings (SSSR count). The Hall–Kier alpha value is -0.620. The van der Waals surface area contributed by atoms with Gasteiger partial charge in [-0.2, -0.15) is 0 Å². The Morgan fingerprint density at radius 2 is 2.06 bits per heavy atom. The predicted octanol–water partition coefficient (Wildman–Crippen LogP) is 1.15. The summed E-state index contributed by atoms with van der Waals surface area (Å²) in [7, 11) is -2.96. The van der Waals surface area contributed by atoms with Crippen molar-refractivity contribution in [2.45, 2.75) is 18.9 Å². The predicted molar refractivity (Wildman–Crippen MR) is 70.6 cm³/mol. The molecule has 0 heterocycles. The van der Waals surface area contributed by atoms with Crippen molar-refractivity contribution < 1.29 is 8.42 Å². The Bertz CT molecular complexity index is 462. The molecule has 96 valence electrons. The second-order valence-corrected chi connectivity index (χ2v) is 6.74. The van der Waals surface area contributed by atoms with Crippen molar-refractivity contribution in [2.75, 3.05) is 12.0 Å². The number of hydrogen-bond donors (Lipinski definition) is 2. The number of halogens is 1. The van der Waals surface area contributed by atoms with E-state index in [4.69, 9.17) is 17.4 Å². The smallest absolute Gasteiger partial charge is 0.147 e. The molecular formula is C11H17ClN2O2S. The van der Waals surface area contributed by atoms with Crippen LogP contribution in [0.25, 0.3) is 0 Å². The van der Waals surface area contributed by atoms with Crippen molar-refractivity contribution in [1.29, 1.82) is 0 Å². The first kappa shape index (κ1) is 14.4. The molecule has 1 aromatic carbocycles. The van der Waals surface area contributed by atoms with Gasteiger partial charge in [0, 0.05) is 17.3 Å². The van der Waals surface area contributed by atoms with Gasteiger partial charge in [-0.1, -0.05) is 29.8 Å². The van der Waals surface area contributed by atoms with Gasteiger partial charge in [-0.3, -0.25) is 11.3 Å². The van der Waals surface area contributed by atoms with Crippen molar-refractivity contribution in [1.82, 2.24) is 5.43 Å². The van der Waals surface area contributed by atoms with Crippen LogP contribution in [0, 0.1) is 0 Å². The molecule has 0 bridgehead atoms. The van der Waals surface area contributed by atoms with Crippen molar-refractivity contribution in [3.8, 4) is 0 Å². The van der Waals surface area contributed by atoms with E-state index in [1.807, 2.05) is 18.2 Å². The van der Waals surface area contributed by atoms with Gasteiger partial charge in [-0.05, 0) is 24.5 Å². The molecule has 4 nitrogen and oxygen atoms in total. The molecule has 0 aromatic heterocycles. The molecule has 1 atom stereocenters. The van der Waals surface area contributed by atoms with E-state index in [1.165, 1.54) is 6.26 Å². The number of benzene rings is 1. The van der Waals surface area contributed by atoms with E-state index < -0.39 is 9.84 Å². The van der Waals surface area contributed by atoms with Gasteiger partial charge in [0.2, 0.25) is 0 Å². The summed E-state index contributed by atoms with van der Waals surface area (Å²) in [6.45, 7) is 0. The highest BCUT2D eigenvalue weighted by atomic mass is 35.5. The Kier molecular flexibility index (Phi) is 5.39. The number of hydrazine groups is 1. The Morgan fingerprint density at radius 3 is 2.59 bits per heavy atom. The van der Waals surface area contributed by atoms with Crippen LogP contribution in [0.5, 0.6) is 0 Å². The number of rotatable bonds is 6. The van der Waals surface area contributed by atoms with Gasteiger partial charge < -0.3 is 0 Å². The molecule has 0 spiro atoms. The fourth-order valence-electron chi connectivity index (χ4n) is 1.53. The van der Waals surface area contributed by atoms with Gasteiger partial charge in [-0.15, -0.1) is 0 Å². The van der Waals surface area contributed by atoms with Crippen molar-refractivity contribution in [3.63, 3.8) is 0 Å². The van der Waals surface area contributed by atoms with E-state index in [-0.39, 0.29) is 11.8 Å². The van der Waals surface area contributed by atoms with Gasteiger partial charge >= 0.3 is 0 Å². The largest absolute Gasteiger partial charge is 0.271 e. The monoisotopic (exact) mass is 276 g/mol. The van der Waals surface area contributed by atoms with E-state index in [0.717, 1.165) is 5.56 Å². The van der Waals surface area contributed by atoms with Gasteiger partial charge in [-0.25, -0.2) is 8.42 Å². The Labute approximate surface area is 107 Å². The van der Waals surface area contributed by atoms with Gasteiger partial charge in [0.05, 0.1) is 5.75 Å². The fourth-order valence-corrected chi connectivity index (χ4v) is 2.46. The van der Waals surface area contributed by atoms with E-state index in [1.54, 1.807) is 6.07 Å². The van der Waals surface area contributed by atoms with E-state index in [0.29, 0.717) is 17.9 Å². The number of nitrogens with one attached hydrogen (secondary N) is 1. The molecule has 0 amide bonds. The average Bonchev–Trinajstić information content (AvgIpc) is 2.25. The molecule has 0 saturated heterocycles. The van der Waals surface area contributed by atoms with Crippen LogP contribution in [-0.2, 0) is 16.3 Å². The van der Waals surface area contributed by atoms with Crippen molar-refractivity contribution in [3.05, 3.63) is 34.9 Å². The van der Waals surface area contributed by atoms with Gasteiger partial charge in [0.25, 0.3) is 0 Å². The number of sulfone groups is 1. The van der Waals surface area contributed by atoms with Crippen molar-refractivity contribution in [2.24, 2.45) is 5.84 Å². The number of hydrogen-bond acceptors (Lipinski definition) is 4. The molecule has 6 heteroatoms. The van der Waals surface area contributed by atoms with E-state index in [9.17, 15) is 8.42 Å². The lowest BCUT2D eigenvalue weighted by molar-refractivity contribution is 0.506. The molecule has 0 radical (unpaired) electrons. The van der Waals surface area contributed by atoms with Crippen LogP contribution < -0.4 is 11.3 Å². The highest BCUT2D eigenvalue weighted by molar-refractivity contribution is 7.90. The summed E-state index contributed by atoms with van der Waals surface area (Å²) < 4.78 is 22.2. The standard InChI is InChI=1S/C11H17ClN2O2S/c1-17(15,16)7-6-10(14-13)8-9-4-2-3-5-11(9)12/h2-5,10,14H,6-8,13H2,1H3. The average molecular weight is 277 g/mol. The summed E-state index contributed by atoms with van der Waals surface area (Å²) in [5.41, 5.74) is 3.59. The van der Waals surface area contributed by atoms with Crippen LogP contribution in [0.4, 0.5) is 0 Å². The summed E-state index contributed by atoms with van der Waals surface area (Å²) in [4.78, 5) is 0. The van der Waals surface area contributed by atoms with Crippen molar-refractivity contribution >= 4 is 21.4 Å². The zero-order chi connectivity index (χ0) is 12.9. The van der Waals surface area contributed by atoms with Crippen LogP contribution in [-0.4, -0.2) is 26.5 Å². The third-order valence-electron chi connectivity index (χ3n) is 2.50. The first-order valence-corrected chi connectivity index (χ1v) is 7.73. The minimum atomic E-state index is -2.96. The van der Waals surface area contributed by atoms with Crippen LogP contribution in [0.1, 0.15) is 12.0 Å². The molecule has 0 saturated carbocycles. The highest BCUT2D eigenvalue weighted by Crippen LogP contribution is 2.17. The summed E-state index contributed by atoms with van der Waals surface area (Å²) >= 11 is 6.03. The van der Waals surface area contributed by atoms with Gasteiger partial charge in [0.1, 0.15) is 9.84 Å². The minimum absolute atomic E-state index is 0.0929. The molecule has 0 aliphatic carbocycles. The first-order valence-electron chi connectivity index (χ1n) is 5.29. The number of nitrogens with two attached hydrogens (primary N) is 1.